The van der Waals surface area contributed by atoms with E-state index >= 15 is 0 Å². The predicted molar refractivity (Wildman–Crippen MR) is 74.3 cm³/mol. The van der Waals surface area contributed by atoms with Crippen molar-refractivity contribution in [1.29, 1.82) is 0 Å². The molecule has 3 nitrogen and oxygen atoms in total. The number of pyridine rings is 1. The van der Waals surface area contributed by atoms with E-state index in [-0.39, 0.29) is 0 Å². The van der Waals surface area contributed by atoms with Crippen molar-refractivity contribution < 1.29 is 0 Å². The minimum Gasteiger partial charge on any atom is -0.312 e. The summed E-state index contributed by atoms with van der Waals surface area (Å²) in [5.74, 6) is 1.34. The van der Waals surface area contributed by atoms with Crippen LogP contribution in [0, 0.1) is 0 Å². The van der Waals surface area contributed by atoms with Crippen LogP contribution in [0.5, 0.6) is 0 Å². The van der Waals surface area contributed by atoms with Crippen molar-refractivity contribution in [3.05, 3.63) is 22.6 Å². The highest BCUT2D eigenvalue weighted by atomic mass is 79.9. The molecule has 0 bridgehead atoms. The number of aryl methyl sites for hydroxylation is 1. The van der Waals surface area contributed by atoms with Crippen molar-refractivity contribution in [2.75, 3.05) is 0 Å². The van der Waals surface area contributed by atoms with Crippen molar-refractivity contribution in [3.8, 4) is 0 Å². The molecule has 0 amide bonds. The number of fused-ring (bicyclic) bond motifs is 1. The number of rotatable bonds is 5. The van der Waals surface area contributed by atoms with Gasteiger partial charge in [0.25, 0.3) is 0 Å². The first-order valence-electron chi connectivity index (χ1n) is 5.83. The van der Waals surface area contributed by atoms with Crippen LogP contribution in [0.4, 0.5) is 0 Å². The maximum absolute atomic E-state index is 5.93. The Kier molecular flexibility index (Phi) is 4.40. The number of hydrogen-bond donors (Lipinski definition) is 0. The quantitative estimate of drug-likeness (QED) is 0.613. The van der Waals surface area contributed by atoms with Gasteiger partial charge in [-0.05, 0) is 28.4 Å². The van der Waals surface area contributed by atoms with Crippen LogP contribution in [-0.4, -0.2) is 14.5 Å². The standard InChI is InChI=1S/C12H15BrClN3/c1-2-3-4-5-17-11(7-14)16-10-6-9(13)8-15-12(10)17/h6,8H,2-5,7H2,1H3. The molecular weight excluding hydrogens is 302 g/mol. The lowest BCUT2D eigenvalue weighted by Gasteiger charge is -2.06. The fourth-order valence-corrected chi connectivity index (χ4v) is 2.41. The van der Waals surface area contributed by atoms with E-state index in [2.05, 4.69) is 37.4 Å². The second-order valence-electron chi connectivity index (χ2n) is 4.02. The molecule has 0 spiro atoms. The monoisotopic (exact) mass is 315 g/mol. The van der Waals surface area contributed by atoms with Crippen LogP contribution in [0.1, 0.15) is 32.0 Å². The smallest absolute Gasteiger partial charge is 0.160 e. The number of aromatic nitrogens is 3. The molecule has 0 N–H and O–H groups in total. The second-order valence-corrected chi connectivity index (χ2v) is 5.20. The summed E-state index contributed by atoms with van der Waals surface area (Å²) in [6.07, 6.45) is 5.38. The van der Waals surface area contributed by atoms with Crippen LogP contribution >= 0.6 is 27.5 Å². The highest BCUT2D eigenvalue weighted by Crippen LogP contribution is 2.20. The lowest BCUT2D eigenvalue weighted by molar-refractivity contribution is 0.597. The summed E-state index contributed by atoms with van der Waals surface area (Å²) < 4.78 is 3.08. The summed E-state index contributed by atoms with van der Waals surface area (Å²) in [6, 6.07) is 1.98. The zero-order valence-electron chi connectivity index (χ0n) is 9.79. The summed E-state index contributed by atoms with van der Waals surface area (Å²) in [6.45, 7) is 3.14. The Hall–Kier alpha value is -0.610. The van der Waals surface area contributed by atoms with E-state index in [1.54, 1.807) is 6.20 Å². The molecule has 2 heterocycles. The van der Waals surface area contributed by atoms with Gasteiger partial charge in [0.15, 0.2) is 5.65 Å². The van der Waals surface area contributed by atoms with Crippen LogP contribution in [0.15, 0.2) is 16.7 Å². The van der Waals surface area contributed by atoms with Crippen LogP contribution in [0.3, 0.4) is 0 Å². The van der Waals surface area contributed by atoms with Gasteiger partial charge in [0, 0.05) is 17.2 Å². The van der Waals surface area contributed by atoms with Gasteiger partial charge in [0.2, 0.25) is 0 Å². The normalized spacial score (nSPS) is 11.2. The Morgan fingerprint density at radius 3 is 2.94 bits per heavy atom. The zero-order valence-corrected chi connectivity index (χ0v) is 12.1. The summed E-state index contributed by atoms with van der Waals surface area (Å²) in [4.78, 5) is 8.93. The van der Waals surface area contributed by atoms with Gasteiger partial charge in [-0.15, -0.1) is 11.6 Å². The van der Waals surface area contributed by atoms with E-state index in [0.29, 0.717) is 5.88 Å². The summed E-state index contributed by atoms with van der Waals surface area (Å²) >= 11 is 9.34. The molecule has 17 heavy (non-hydrogen) atoms. The first-order valence-corrected chi connectivity index (χ1v) is 7.15. The van der Waals surface area contributed by atoms with Gasteiger partial charge < -0.3 is 4.57 Å². The molecule has 5 heteroatoms. The first kappa shape index (κ1) is 12.8. The molecule has 0 aromatic carbocycles. The Labute approximate surface area is 114 Å². The Bertz CT molecular complexity index is 510. The number of imidazole rings is 1. The number of nitrogens with zero attached hydrogens (tertiary/aromatic N) is 3. The summed E-state index contributed by atoms with van der Waals surface area (Å²) in [5, 5.41) is 0. The largest absolute Gasteiger partial charge is 0.312 e. The van der Waals surface area contributed by atoms with Gasteiger partial charge in [-0.25, -0.2) is 9.97 Å². The van der Waals surface area contributed by atoms with Gasteiger partial charge in [-0.2, -0.15) is 0 Å². The SMILES string of the molecule is CCCCCn1c(CCl)nc2cc(Br)cnc21. The average molecular weight is 317 g/mol. The van der Waals surface area contributed by atoms with Crippen molar-refractivity contribution in [2.24, 2.45) is 0 Å². The second kappa shape index (κ2) is 5.83. The maximum Gasteiger partial charge on any atom is 0.160 e. The van der Waals surface area contributed by atoms with Crippen molar-refractivity contribution >= 4 is 38.7 Å². The van der Waals surface area contributed by atoms with Gasteiger partial charge in [-0.1, -0.05) is 19.8 Å². The number of halogens is 2. The van der Waals surface area contributed by atoms with Crippen LogP contribution in [0.2, 0.25) is 0 Å². The molecule has 0 aliphatic rings. The van der Waals surface area contributed by atoms with E-state index < -0.39 is 0 Å². The fourth-order valence-electron chi connectivity index (χ4n) is 1.89. The number of unbranched alkanes of at least 4 members (excludes halogenated alkanes) is 2. The molecule has 0 aliphatic carbocycles. The molecule has 0 aliphatic heterocycles. The molecule has 92 valence electrons. The molecular formula is C12H15BrClN3. The molecule has 2 aromatic rings. The van der Waals surface area contributed by atoms with E-state index in [1.807, 2.05) is 6.07 Å². The van der Waals surface area contributed by atoms with Gasteiger partial charge in [0.05, 0.1) is 5.88 Å². The third kappa shape index (κ3) is 2.80. The van der Waals surface area contributed by atoms with Gasteiger partial charge >= 0.3 is 0 Å². The first-order chi connectivity index (χ1) is 8.26. The Balaban J connectivity index is 2.36. The molecule has 0 saturated heterocycles. The fraction of sp³-hybridized carbons (Fsp3) is 0.500. The Morgan fingerprint density at radius 2 is 2.24 bits per heavy atom. The molecule has 2 aromatic heterocycles. The van der Waals surface area contributed by atoms with Crippen molar-refractivity contribution in [2.45, 2.75) is 38.6 Å². The van der Waals surface area contributed by atoms with Gasteiger partial charge in [0.1, 0.15) is 11.3 Å². The molecule has 0 saturated carbocycles. The highest BCUT2D eigenvalue weighted by molar-refractivity contribution is 9.10. The Morgan fingerprint density at radius 1 is 1.41 bits per heavy atom. The molecule has 0 unspecified atom stereocenters. The summed E-state index contributed by atoms with van der Waals surface area (Å²) in [7, 11) is 0. The molecule has 0 radical (unpaired) electrons. The maximum atomic E-state index is 5.93. The summed E-state index contributed by atoms with van der Waals surface area (Å²) in [5.41, 5.74) is 1.84. The average Bonchev–Trinajstić information content (AvgIpc) is 2.67. The number of alkyl halides is 1. The number of hydrogen-bond acceptors (Lipinski definition) is 2. The van der Waals surface area contributed by atoms with Crippen LogP contribution in [0.25, 0.3) is 11.2 Å². The van der Waals surface area contributed by atoms with E-state index in [0.717, 1.165) is 34.4 Å². The lowest BCUT2D eigenvalue weighted by Crippen LogP contribution is -2.03. The highest BCUT2D eigenvalue weighted by Gasteiger charge is 2.10. The lowest BCUT2D eigenvalue weighted by atomic mass is 10.2. The minimum absolute atomic E-state index is 0.431. The molecule has 0 fully saturated rings. The minimum atomic E-state index is 0.431. The molecule has 0 atom stereocenters. The third-order valence-electron chi connectivity index (χ3n) is 2.74. The van der Waals surface area contributed by atoms with E-state index in [9.17, 15) is 0 Å². The predicted octanol–water partition coefficient (Wildman–Crippen LogP) is 4.12. The van der Waals surface area contributed by atoms with Crippen molar-refractivity contribution in [1.82, 2.24) is 14.5 Å². The van der Waals surface area contributed by atoms with E-state index in [1.165, 1.54) is 12.8 Å². The van der Waals surface area contributed by atoms with Gasteiger partial charge in [-0.3, -0.25) is 0 Å². The van der Waals surface area contributed by atoms with E-state index in [4.69, 9.17) is 11.6 Å². The third-order valence-corrected chi connectivity index (χ3v) is 3.41. The topological polar surface area (TPSA) is 30.7 Å². The van der Waals surface area contributed by atoms with Crippen molar-refractivity contribution in [3.63, 3.8) is 0 Å². The zero-order chi connectivity index (χ0) is 12.3. The van der Waals surface area contributed by atoms with Crippen LogP contribution in [-0.2, 0) is 12.4 Å². The van der Waals surface area contributed by atoms with Crippen LogP contribution < -0.4 is 0 Å². The molecule has 2 rings (SSSR count).